The van der Waals surface area contributed by atoms with Gasteiger partial charge in [0.25, 0.3) is 0 Å². The summed E-state index contributed by atoms with van der Waals surface area (Å²) in [7, 11) is 0. The van der Waals surface area contributed by atoms with E-state index < -0.39 is 0 Å². The lowest BCUT2D eigenvalue weighted by atomic mass is 10.1. The lowest BCUT2D eigenvalue weighted by Crippen LogP contribution is -2.47. The standard InChI is InChI=1S/C24H25N5O/c25-10-3-13-29-19-21(22-4-1-2-5-23(22)29)6-7-24(30)28-16-14-27(15-17-28)18-20-8-11-26-12-9-20/h1-2,4-9,11-12,19H,3,13-18H2/b7-6+. The lowest BCUT2D eigenvalue weighted by molar-refractivity contribution is -0.127. The molecule has 0 unspecified atom stereocenters. The number of rotatable bonds is 6. The van der Waals surface area contributed by atoms with Crippen molar-refractivity contribution in [3.8, 4) is 6.07 Å². The molecule has 30 heavy (non-hydrogen) atoms. The van der Waals surface area contributed by atoms with Crippen LogP contribution >= 0.6 is 0 Å². The van der Waals surface area contributed by atoms with Crippen LogP contribution in [0, 0.1) is 11.3 Å². The van der Waals surface area contributed by atoms with Gasteiger partial charge >= 0.3 is 0 Å². The van der Waals surface area contributed by atoms with E-state index >= 15 is 0 Å². The average Bonchev–Trinajstić information content (AvgIpc) is 3.15. The fraction of sp³-hybridized carbons (Fsp3) is 0.292. The molecule has 0 N–H and O–H groups in total. The number of para-hydroxylation sites is 1. The molecule has 152 valence electrons. The van der Waals surface area contributed by atoms with Gasteiger partial charge in [-0.25, -0.2) is 0 Å². The average molecular weight is 399 g/mol. The van der Waals surface area contributed by atoms with Crippen LogP contribution < -0.4 is 0 Å². The van der Waals surface area contributed by atoms with Crippen molar-refractivity contribution in [2.45, 2.75) is 19.5 Å². The van der Waals surface area contributed by atoms with Gasteiger partial charge in [0, 0.05) is 80.4 Å². The van der Waals surface area contributed by atoms with Crippen LogP contribution in [0.4, 0.5) is 0 Å². The predicted octanol–water partition coefficient (Wildman–Crippen LogP) is 3.31. The van der Waals surface area contributed by atoms with Gasteiger partial charge in [0.1, 0.15) is 0 Å². The number of benzene rings is 1. The maximum Gasteiger partial charge on any atom is 0.246 e. The van der Waals surface area contributed by atoms with Crippen LogP contribution in [0.25, 0.3) is 17.0 Å². The van der Waals surface area contributed by atoms with Gasteiger partial charge in [0.05, 0.1) is 12.5 Å². The zero-order valence-electron chi connectivity index (χ0n) is 16.9. The first-order valence-electron chi connectivity index (χ1n) is 10.3. The van der Waals surface area contributed by atoms with Gasteiger partial charge < -0.3 is 9.47 Å². The van der Waals surface area contributed by atoms with E-state index in [1.54, 1.807) is 6.08 Å². The van der Waals surface area contributed by atoms with Crippen molar-refractivity contribution < 1.29 is 4.79 Å². The Balaban J connectivity index is 1.38. The molecule has 1 saturated heterocycles. The summed E-state index contributed by atoms with van der Waals surface area (Å²) in [6, 6.07) is 14.4. The van der Waals surface area contributed by atoms with Gasteiger partial charge in [-0.05, 0) is 29.8 Å². The number of fused-ring (bicyclic) bond motifs is 1. The number of aromatic nitrogens is 2. The number of carbonyl (C=O) groups excluding carboxylic acids is 1. The minimum absolute atomic E-state index is 0.0485. The van der Waals surface area contributed by atoms with Crippen LogP contribution in [0.3, 0.4) is 0 Å². The van der Waals surface area contributed by atoms with Crippen molar-refractivity contribution in [1.82, 2.24) is 19.4 Å². The molecule has 3 aromatic rings. The largest absolute Gasteiger partial charge is 0.346 e. The van der Waals surface area contributed by atoms with Gasteiger partial charge in [-0.1, -0.05) is 18.2 Å². The zero-order chi connectivity index (χ0) is 20.8. The minimum atomic E-state index is 0.0485. The van der Waals surface area contributed by atoms with Crippen molar-refractivity contribution in [3.05, 3.63) is 72.2 Å². The molecule has 3 heterocycles. The van der Waals surface area contributed by atoms with Gasteiger partial charge in [-0.2, -0.15) is 5.26 Å². The van der Waals surface area contributed by atoms with Gasteiger partial charge in [-0.3, -0.25) is 14.7 Å². The monoisotopic (exact) mass is 399 g/mol. The minimum Gasteiger partial charge on any atom is -0.346 e. The molecule has 0 atom stereocenters. The predicted molar refractivity (Wildman–Crippen MR) is 117 cm³/mol. The number of nitrogens with zero attached hydrogens (tertiary/aromatic N) is 5. The van der Waals surface area contributed by atoms with Crippen molar-refractivity contribution in [2.75, 3.05) is 26.2 Å². The van der Waals surface area contributed by atoms with Gasteiger partial charge in [0.2, 0.25) is 5.91 Å². The maximum absolute atomic E-state index is 12.7. The molecule has 4 rings (SSSR count). The summed E-state index contributed by atoms with van der Waals surface area (Å²) in [5, 5.41) is 9.99. The Morgan fingerprint density at radius 3 is 2.63 bits per heavy atom. The van der Waals surface area contributed by atoms with Gasteiger partial charge in [0.15, 0.2) is 0 Å². The van der Waals surface area contributed by atoms with E-state index in [9.17, 15) is 4.79 Å². The summed E-state index contributed by atoms with van der Waals surface area (Å²) < 4.78 is 2.08. The molecular weight excluding hydrogens is 374 g/mol. The molecule has 0 aliphatic carbocycles. The molecule has 0 radical (unpaired) electrons. The summed E-state index contributed by atoms with van der Waals surface area (Å²) in [5.74, 6) is 0.0485. The number of carbonyl (C=O) groups is 1. The van der Waals surface area contributed by atoms with Crippen LogP contribution in [-0.2, 0) is 17.9 Å². The van der Waals surface area contributed by atoms with E-state index in [4.69, 9.17) is 5.26 Å². The molecule has 2 aromatic heterocycles. The molecular formula is C24H25N5O. The number of amides is 1. The summed E-state index contributed by atoms with van der Waals surface area (Å²) in [4.78, 5) is 21.1. The van der Waals surface area contributed by atoms with Crippen LogP contribution in [0.15, 0.2) is 61.1 Å². The molecule has 1 amide bonds. The Morgan fingerprint density at radius 2 is 1.87 bits per heavy atom. The summed E-state index contributed by atoms with van der Waals surface area (Å²) in [5.41, 5.74) is 3.34. The number of hydrogen-bond acceptors (Lipinski definition) is 4. The number of hydrogen-bond donors (Lipinski definition) is 0. The van der Waals surface area contributed by atoms with Crippen LogP contribution in [0.1, 0.15) is 17.5 Å². The zero-order valence-corrected chi connectivity index (χ0v) is 16.9. The van der Waals surface area contributed by atoms with E-state index in [1.165, 1.54) is 5.56 Å². The SMILES string of the molecule is N#CCCn1cc(/C=C/C(=O)N2CCN(Cc3ccncc3)CC2)c2ccccc21. The maximum atomic E-state index is 12.7. The smallest absolute Gasteiger partial charge is 0.246 e. The molecule has 0 saturated carbocycles. The first-order valence-corrected chi connectivity index (χ1v) is 10.3. The Morgan fingerprint density at radius 1 is 1.10 bits per heavy atom. The first kappa shape index (κ1) is 19.9. The van der Waals surface area contributed by atoms with E-state index in [-0.39, 0.29) is 5.91 Å². The molecule has 1 fully saturated rings. The molecule has 6 nitrogen and oxygen atoms in total. The van der Waals surface area contributed by atoms with Crippen molar-refractivity contribution in [3.63, 3.8) is 0 Å². The highest BCUT2D eigenvalue weighted by Crippen LogP contribution is 2.23. The topological polar surface area (TPSA) is 65.2 Å². The fourth-order valence-corrected chi connectivity index (χ4v) is 3.90. The Hall–Kier alpha value is -3.43. The third-order valence-electron chi connectivity index (χ3n) is 5.53. The second-order valence-corrected chi connectivity index (χ2v) is 7.49. The van der Waals surface area contributed by atoms with E-state index in [0.29, 0.717) is 13.0 Å². The number of piperazine rings is 1. The fourth-order valence-electron chi connectivity index (χ4n) is 3.90. The lowest BCUT2D eigenvalue weighted by Gasteiger charge is -2.34. The molecule has 1 aliphatic rings. The second-order valence-electron chi connectivity index (χ2n) is 7.49. The molecule has 1 aromatic carbocycles. The molecule has 6 heteroatoms. The van der Waals surface area contributed by atoms with Crippen molar-refractivity contribution in [1.29, 1.82) is 5.26 Å². The quantitative estimate of drug-likeness (QED) is 0.597. The molecule has 1 aliphatic heterocycles. The first-order chi connectivity index (χ1) is 14.7. The molecule has 0 spiro atoms. The second kappa shape index (κ2) is 9.38. The van der Waals surface area contributed by atoms with Crippen LogP contribution in [-0.4, -0.2) is 51.4 Å². The highest BCUT2D eigenvalue weighted by molar-refractivity contribution is 5.96. The number of pyridine rings is 1. The Kier molecular flexibility index (Phi) is 6.21. The Bertz CT molecular complexity index is 1070. The normalized spacial score (nSPS) is 15.0. The highest BCUT2D eigenvalue weighted by atomic mass is 16.2. The number of aryl methyl sites for hydroxylation is 1. The third-order valence-corrected chi connectivity index (χ3v) is 5.53. The van der Waals surface area contributed by atoms with Crippen LogP contribution in [0.2, 0.25) is 0 Å². The highest BCUT2D eigenvalue weighted by Gasteiger charge is 2.19. The van der Waals surface area contributed by atoms with Crippen molar-refractivity contribution in [2.24, 2.45) is 0 Å². The van der Waals surface area contributed by atoms with E-state index in [0.717, 1.165) is 49.2 Å². The van der Waals surface area contributed by atoms with E-state index in [2.05, 4.69) is 26.6 Å². The Labute approximate surface area is 176 Å². The van der Waals surface area contributed by atoms with Crippen LogP contribution in [0.5, 0.6) is 0 Å². The van der Waals surface area contributed by atoms with Crippen molar-refractivity contribution >= 4 is 22.9 Å². The summed E-state index contributed by atoms with van der Waals surface area (Å²) >= 11 is 0. The van der Waals surface area contributed by atoms with E-state index in [1.807, 2.05) is 59.9 Å². The number of nitriles is 1. The van der Waals surface area contributed by atoms with Gasteiger partial charge in [-0.15, -0.1) is 0 Å². The summed E-state index contributed by atoms with van der Waals surface area (Å²) in [6.07, 6.45) is 9.70. The molecule has 0 bridgehead atoms. The third kappa shape index (κ3) is 4.58. The summed E-state index contributed by atoms with van der Waals surface area (Å²) in [6.45, 7) is 4.75.